The van der Waals surface area contributed by atoms with Crippen LogP contribution in [0.3, 0.4) is 0 Å². The number of urea groups is 2. The lowest BCUT2D eigenvalue weighted by molar-refractivity contribution is -0.138. The molecule has 0 atom stereocenters. The summed E-state index contributed by atoms with van der Waals surface area (Å²) < 4.78 is 97.3. The maximum Gasteiger partial charge on any atom is 0.417 e. The van der Waals surface area contributed by atoms with Crippen molar-refractivity contribution in [1.82, 2.24) is 30.6 Å². The van der Waals surface area contributed by atoms with Gasteiger partial charge in [-0.2, -0.15) is 36.4 Å². The normalized spacial score (nSPS) is 14.1. The first kappa shape index (κ1) is 50.1. The van der Waals surface area contributed by atoms with Crippen LogP contribution >= 0.6 is 11.6 Å². The smallest absolute Gasteiger partial charge is 0.417 e. The highest BCUT2D eigenvalue weighted by atomic mass is 35.5. The Morgan fingerprint density at radius 1 is 0.533 bits per heavy atom. The van der Waals surface area contributed by atoms with E-state index < -0.39 is 46.3 Å². The van der Waals surface area contributed by atoms with Crippen LogP contribution in [0.25, 0.3) is 22.1 Å². The lowest BCUT2D eigenvalue weighted by Gasteiger charge is -2.35. The van der Waals surface area contributed by atoms with E-state index in [1.165, 1.54) is 54.6 Å². The summed E-state index contributed by atoms with van der Waals surface area (Å²) in [4.78, 5) is 52.3. The molecule has 4 heterocycles. The van der Waals surface area contributed by atoms with Crippen LogP contribution in [-0.2, 0) is 12.4 Å². The van der Waals surface area contributed by atoms with Crippen molar-refractivity contribution in [3.05, 3.63) is 156 Å². The lowest BCUT2D eigenvalue weighted by atomic mass is 10.2. The molecular weight excluding hydrogens is 1010 g/mol. The zero-order chi connectivity index (χ0) is 52.3. The molecule has 4 N–H and O–H groups in total. The van der Waals surface area contributed by atoms with E-state index in [-0.39, 0.29) is 22.8 Å². The number of amides is 4. The molecule has 0 bridgehead atoms. The Morgan fingerprint density at radius 3 is 1.53 bits per heavy atom. The molecule has 10 rings (SSSR count). The molecule has 0 spiro atoms. The molecule has 2 aromatic heterocycles. The molecule has 6 aromatic carbocycles. The largest absolute Gasteiger partial charge is 0.457 e. The number of carbonyl (C=O) groups excluding carboxylic acids is 2. The number of hydrazine groups is 1. The SMILES string of the molecule is O=C(Nc1cccc(C(F)(F)F)c1)N(c1ccc(Oc2ccc3ncc(N4CCNCC4)nc3c2)cc1)N(C(=O)Nc1ccc(Oc2ccc3ncc(N4CCNCC4)nc3c2)cc1)c1ccc(Cl)c(C(F)(F)F)c1. The number of halogens is 7. The lowest BCUT2D eigenvalue weighted by Crippen LogP contribution is -2.54. The van der Waals surface area contributed by atoms with Gasteiger partial charge in [0.1, 0.15) is 34.6 Å². The zero-order valence-electron chi connectivity index (χ0n) is 39.3. The van der Waals surface area contributed by atoms with Crippen LogP contribution in [0.2, 0.25) is 5.02 Å². The van der Waals surface area contributed by atoms with E-state index in [2.05, 4.69) is 41.0 Å². The predicted molar refractivity (Wildman–Crippen MR) is 273 cm³/mol. The highest BCUT2D eigenvalue weighted by Crippen LogP contribution is 2.39. The van der Waals surface area contributed by atoms with Crippen LogP contribution < -0.4 is 50.6 Å². The van der Waals surface area contributed by atoms with E-state index in [0.29, 0.717) is 67.3 Å². The number of rotatable bonds is 10. The van der Waals surface area contributed by atoms with Gasteiger partial charge in [0.2, 0.25) is 0 Å². The van der Waals surface area contributed by atoms with Gasteiger partial charge in [0.25, 0.3) is 0 Å². The number of nitrogens with one attached hydrogen (secondary N) is 4. The second-order valence-electron chi connectivity index (χ2n) is 17.2. The van der Waals surface area contributed by atoms with E-state index in [0.717, 1.165) is 82.4 Å². The monoisotopic (exact) mass is 1050 g/mol. The van der Waals surface area contributed by atoms with Crippen LogP contribution in [0.5, 0.6) is 23.0 Å². The number of ether oxygens (including phenoxy) is 2. The Morgan fingerprint density at radius 2 is 1.01 bits per heavy atom. The first-order valence-corrected chi connectivity index (χ1v) is 23.8. The minimum Gasteiger partial charge on any atom is -0.457 e. The Balaban J connectivity index is 0.962. The molecule has 0 radical (unpaired) electrons. The third-order valence-corrected chi connectivity index (χ3v) is 12.4. The second kappa shape index (κ2) is 21.2. The summed E-state index contributed by atoms with van der Waals surface area (Å²) in [6, 6.07) is 25.7. The van der Waals surface area contributed by atoms with Crippen molar-refractivity contribution in [3.8, 4) is 23.0 Å². The van der Waals surface area contributed by atoms with Crippen LogP contribution in [-0.4, -0.2) is 84.4 Å². The number of piperazine rings is 2. The molecule has 384 valence electrons. The van der Waals surface area contributed by atoms with Crippen molar-refractivity contribution in [2.45, 2.75) is 12.4 Å². The molecule has 2 fully saturated rings. The highest BCUT2D eigenvalue weighted by Gasteiger charge is 2.37. The number of hydrogen-bond acceptors (Lipinski definition) is 12. The maximum absolute atomic E-state index is 14.7. The molecule has 16 nitrogen and oxygen atoms in total. The third kappa shape index (κ3) is 11.7. The molecule has 23 heteroatoms. The van der Waals surface area contributed by atoms with E-state index in [1.54, 1.807) is 48.8 Å². The topological polar surface area (TPSA) is 165 Å². The molecule has 2 saturated heterocycles. The quantitative estimate of drug-likeness (QED) is 0.0758. The summed E-state index contributed by atoms with van der Waals surface area (Å²) in [6.45, 7) is 6.31. The fourth-order valence-corrected chi connectivity index (χ4v) is 8.58. The van der Waals surface area contributed by atoms with Crippen molar-refractivity contribution in [3.63, 3.8) is 0 Å². The van der Waals surface area contributed by atoms with Gasteiger partial charge in [-0.1, -0.05) is 17.7 Å². The van der Waals surface area contributed by atoms with E-state index in [4.69, 9.17) is 31.0 Å². The summed E-state index contributed by atoms with van der Waals surface area (Å²) in [5, 5.41) is 12.2. The van der Waals surface area contributed by atoms with Crippen molar-refractivity contribution in [2.75, 3.05) is 82.8 Å². The molecule has 75 heavy (non-hydrogen) atoms. The van der Waals surface area contributed by atoms with Gasteiger partial charge in [0.15, 0.2) is 0 Å². The highest BCUT2D eigenvalue weighted by molar-refractivity contribution is 6.31. The van der Waals surface area contributed by atoms with E-state index in [1.807, 2.05) is 0 Å². The first-order valence-electron chi connectivity index (χ1n) is 23.4. The standard InChI is InChI=1S/C52H43ClF6N12O4/c53-42-15-8-36(27-41(42)52(57,58)59)71(49(72)64-33-4-9-37(10-5-33)74-39-13-16-43-45(28-39)66-47(30-62-43)68-22-18-60-19-23-68)70(50(73)65-34-3-1-2-32(26-34)51(54,55)56)35-6-11-38(12-7-35)75-40-14-17-44-46(29-40)67-48(31-63-44)69-24-20-61-21-25-69/h1-17,26-31,60-61H,18-25H2,(H,64,72)(H,65,73). The molecular formula is C52H43ClF6N12O4. The molecule has 8 aromatic rings. The molecule has 4 amide bonds. The summed E-state index contributed by atoms with van der Waals surface area (Å²) in [7, 11) is 0. The zero-order valence-corrected chi connectivity index (χ0v) is 40.0. The van der Waals surface area contributed by atoms with Gasteiger partial charge in [-0.25, -0.2) is 19.6 Å². The van der Waals surface area contributed by atoms with Gasteiger partial charge in [-0.15, -0.1) is 0 Å². The number of benzene rings is 6. The Hall–Kier alpha value is -8.47. The van der Waals surface area contributed by atoms with Crippen LogP contribution in [0.4, 0.5) is 70.3 Å². The van der Waals surface area contributed by atoms with E-state index >= 15 is 0 Å². The molecule has 2 aliphatic heterocycles. The van der Waals surface area contributed by atoms with Crippen LogP contribution in [0.1, 0.15) is 11.1 Å². The minimum atomic E-state index is -5.03. The number of fused-ring (bicyclic) bond motifs is 2. The summed E-state index contributed by atoms with van der Waals surface area (Å²) >= 11 is 6.04. The van der Waals surface area contributed by atoms with Crippen molar-refractivity contribution < 1.29 is 45.4 Å². The third-order valence-electron chi connectivity index (χ3n) is 12.1. The average molecular weight is 1050 g/mol. The molecule has 2 aliphatic rings. The van der Waals surface area contributed by atoms with Gasteiger partial charge in [-0.05, 0) is 109 Å². The number of aromatic nitrogens is 4. The van der Waals surface area contributed by atoms with Crippen LogP contribution in [0, 0.1) is 0 Å². The van der Waals surface area contributed by atoms with Gasteiger partial charge in [0.05, 0.1) is 62.0 Å². The first-order chi connectivity index (χ1) is 36.1. The summed E-state index contributed by atoms with van der Waals surface area (Å²) in [6.07, 6.45) is -6.40. The van der Waals surface area contributed by atoms with Gasteiger partial charge in [-0.3, -0.25) is 9.97 Å². The maximum atomic E-state index is 14.7. The van der Waals surface area contributed by atoms with Crippen molar-refractivity contribution >= 4 is 80.1 Å². The fourth-order valence-electron chi connectivity index (χ4n) is 8.35. The minimum absolute atomic E-state index is 0.106. The van der Waals surface area contributed by atoms with Crippen molar-refractivity contribution in [1.29, 1.82) is 0 Å². The Bertz CT molecular complexity index is 3380. The van der Waals surface area contributed by atoms with Gasteiger partial charge >= 0.3 is 24.4 Å². The second-order valence-corrected chi connectivity index (χ2v) is 17.6. The van der Waals surface area contributed by atoms with Crippen molar-refractivity contribution in [2.24, 2.45) is 0 Å². The predicted octanol–water partition coefficient (Wildman–Crippen LogP) is 11.4. The molecule has 0 saturated carbocycles. The number of carbonyl (C=O) groups is 2. The van der Waals surface area contributed by atoms with Gasteiger partial charge < -0.3 is 40.5 Å². The number of anilines is 6. The summed E-state index contributed by atoms with van der Waals surface area (Å²) in [5.74, 6) is 2.79. The van der Waals surface area contributed by atoms with Crippen LogP contribution in [0.15, 0.2) is 140 Å². The number of hydrogen-bond donors (Lipinski definition) is 4. The van der Waals surface area contributed by atoms with E-state index in [9.17, 15) is 35.9 Å². The molecule has 0 aliphatic carbocycles. The number of alkyl halides is 6. The summed E-state index contributed by atoms with van der Waals surface area (Å²) in [5.41, 5.74) is -0.898. The average Bonchev–Trinajstić information content (AvgIpc) is 3.41. The van der Waals surface area contributed by atoms with Gasteiger partial charge in [0, 0.05) is 75.9 Å². The molecule has 0 unspecified atom stereocenters. The Labute approximate surface area is 428 Å². The Kier molecular flexibility index (Phi) is 14.1. The fraction of sp³-hybridized carbons (Fsp3) is 0.192. The number of nitrogens with zero attached hydrogens (tertiary/aromatic N) is 8.